The second-order valence-electron chi connectivity index (χ2n) is 7.75. The van der Waals surface area contributed by atoms with Crippen LogP contribution in [0.2, 0.25) is 5.02 Å². The molecule has 10 heteroatoms. The van der Waals surface area contributed by atoms with Crippen molar-refractivity contribution in [1.29, 1.82) is 0 Å². The van der Waals surface area contributed by atoms with Crippen LogP contribution < -0.4 is 9.03 Å². The maximum atomic E-state index is 12.7. The van der Waals surface area contributed by atoms with Crippen molar-refractivity contribution in [2.45, 2.75) is 32.6 Å². The molecule has 3 rings (SSSR count). The molecule has 156 valence electrons. The van der Waals surface area contributed by atoms with E-state index < -0.39 is 31.4 Å². The fourth-order valence-electron chi connectivity index (χ4n) is 3.26. The van der Waals surface area contributed by atoms with Crippen molar-refractivity contribution >= 4 is 48.9 Å². The van der Waals surface area contributed by atoms with Gasteiger partial charge in [0, 0.05) is 0 Å². The number of aryl methyl sites for hydroxylation is 2. The SMILES string of the molecule is Cc1cc(C)c(NS(=O)(=O)c2ccc(N3C(=O)C(C)(C)CS3(=O)=O)cc2)c(Cl)c1. The van der Waals surface area contributed by atoms with Gasteiger partial charge < -0.3 is 0 Å². The standard InChI is InChI=1S/C19H21ClN2O5S2/c1-12-9-13(2)17(16(20)10-12)21-29(26,27)15-7-5-14(6-8-15)22-18(23)19(3,4)11-28(22,24)25/h5-10,21H,11H2,1-4H3. The second-order valence-corrected chi connectivity index (χ2v) is 11.7. The Morgan fingerprint density at radius 3 is 2.17 bits per heavy atom. The molecule has 0 aromatic heterocycles. The highest BCUT2D eigenvalue weighted by molar-refractivity contribution is 7.94. The van der Waals surface area contributed by atoms with E-state index in [1.54, 1.807) is 32.9 Å². The van der Waals surface area contributed by atoms with E-state index in [0.29, 0.717) is 5.56 Å². The Morgan fingerprint density at radius 2 is 1.69 bits per heavy atom. The fraction of sp³-hybridized carbons (Fsp3) is 0.316. The van der Waals surface area contributed by atoms with E-state index in [4.69, 9.17) is 11.6 Å². The predicted octanol–water partition coefficient (Wildman–Crippen LogP) is 3.46. The number of carbonyl (C=O) groups is 1. The van der Waals surface area contributed by atoms with Gasteiger partial charge in [-0.1, -0.05) is 17.7 Å². The van der Waals surface area contributed by atoms with Crippen LogP contribution >= 0.6 is 11.6 Å². The first kappa shape index (κ1) is 21.6. The van der Waals surface area contributed by atoms with Crippen molar-refractivity contribution < 1.29 is 21.6 Å². The molecule has 2 aromatic rings. The molecule has 1 aliphatic heterocycles. The van der Waals surface area contributed by atoms with Crippen molar-refractivity contribution in [3.8, 4) is 0 Å². The summed E-state index contributed by atoms with van der Waals surface area (Å²) >= 11 is 6.18. The molecule has 0 radical (unpaired) electrons. The minimum absolute atomic E-state index is 0.0828. The number of nitrogens with one attached hydrogen (secondary N) is 1. The maximum Gasteiger partial charge on any atom is 0.261 e. The Morgan fingerprint density at radius 1 is 1.10 bits per heavy atom. The van der Waals surface area contributed by atoms with E-state index in [1.165, 1.54) is 24.3 Å². The number of carbonyl (C=O) groups excluding carboxylic acids is 1. The molecular weight excluding hydrogens is 436 g/mol. The average Bonchev–Trinajstić information content (AvgIpc) is 2.74. The van der Waals surface area contributed by atoms with Gasteiger partial charge in [0.05, 0.1) is 32.5 Å². The minimum atomic E-state index is -3.96. The first-order valence-corrected chi connectivity index (χ1v) is 12.2. The van der Waals surface area contributed by atoms with Gasteiger partial charge in [0.2, 0.25) is 15.9 Å². The van der Waals surface area contributed by atoms with Gasteiger partial charge in [-0.2, -0.15) is 0 Å². The van der Waals surface area contributed by atoms with Gasteiger partial charge in [-0.25, -0.2) is 21.1 Å². The monoisotopic (exact) mass is 456 g/mol. The summed E-state index contributed by atoms with van der Waals surface area (Å²) < 4.78 is 53.4. The summed E-state index contributed by atoms with van der Waals surface area (Å²) in [5.41, 5.74) is 0.917. The van der Waals surface area contributed by atoms with Crippen LogP contribution in [0.3, 0.4) is 0 Å². The zero-order chi connectivity index (χ0) is 21.8. The van der Waals surface area contributed by atoms with E-state index in [-0.39, 0.29) is 27.0 Å². The molecule has 0 saturated carbocycles. The second kappa shape index (κ2) is 7.00. The van der Waals surface area contributed by atoms with Crippen LogP contribution in [0.5, 0.6) is 0 Å². The van der Waals surface area contributed by atoms with Crippen LogP contribution in [0.25, 0.3) is 0 Å². The topological polar surface area (TPSA) is 101 Å². The smallest absolute Gasteiger partial charge is 0.261 e. The van der Waals surface area contributed by atoms with Crippen molar-refractivity contribution in [2.75, 3.05) is 14.8 Å². The lowest BCUT2D eigenvalue weighted by Crippen LogP contribution is -2.32. The molecule has 1 fully saturated rings. The normalized spacial score (nSPS) is 18.1. The summed E-state index contributed by atoms with van der Waals surface area (Å²) in [6.45, 7) is 6.71. The molecule has 0 atom stereocenters. The third-order valence-corrected chi connectivity index (χ3v) is 8.32. The summed E-state index contributed by atoms with van der Waals surface area (Å²) in [6, 6.07) is 8.57. The largest absolute Gasteiger partial charge is 0.278 e. The van der Waals surface area contributed by atoms with E-state index in [1.807, 2.05) is 6.92 Å². The number of halogens is 1. The van der Waals surface area contributed by atoms with Crippen LogP contribution in [0.15, 0.2) is 41.3 Å². The maximum absolute atomic E-state index is 12.7. The molecule has 1 saturated heterocycles. The summed E-state index contributed by atoms with van der Waals surface area (Å²) in [5.74, 6) is -0.848. The van der Waals surface area contributed by atoms with Gasteiger partial charge >= 0.3 is 0 Å². The minimum Gasteiger partial charge on any atom is -0.278 e. The number of anilines is 2. The molecule has 0 bridgehead atoms. The molecular formula is C19H21ClN2O5S2. The van der Waals surface area contributed by atoms with Crippen molar-refractivity contribution in [2.24, 2.45) is 5.41 Å². The predicted molar refractivity (Wildman–Crippen MR) is 113 cm³/mol. The van der Waals surface area contributed by atoms with E-state index in [0.717, 1.165) is 9.87 Å². The molecule has 1 N–H and O–H groups in total. The van der Waals surface area contributed by atoms with Gasteiger partial charge in [-0.15, -0.1) is 0 Å². The molecule has 1 heterocycles. The summed E-state index contributed by atoms with van der Waals surface area (Å²) in [4.78, 5) is 12.4. The van der Waals surface area contributed by atoms with Crippen molar-refractivity contribution in [3.05, 3.63) is 52.5 Å². The average molecular weight is 457 g/mol. The number of nitrogens with zero attached hydrogens (tertiary/aromatic N) is 1. The first-order chi connectivity index (χ1) is 13.2. The Bertz CT molecular complexity index is 1180. The van der Waals surface area contributed by atoms with Gasteiger partial charge in [0.15, 0.2) is 0 Å². The number of benzene rings is 2. The molecule has 0 aliphatic carbocycles. The van der Waals surface area contributed by atoms with Crippen LogP contribution in [0, 0.1) is 19.3 Å². The number of hydrogen-bond acceptors (Lipinski definition) is 5. The lowest BCUT2D eigenvalue weighted by molar-refractivity contribution is -0.123. The Balaban J connectivity index is 1.94. The van der Waals surface area contributed by atoms with Gasteiger partial charge in [-0.05, 0) is 69.2 Å². The Kier molecular flexibility index (Phi) is 5.21. The van der Waals surface area contributed by atoms with Crippen LogP contribution in [-0.2, 0) is 24.8 Å². The Labute approximate surface area is 175 Å². The molecule has 7 nitrogen and oxygen atoms in total. The van der Waals surface area contributed by atoms with Gasteiger partial charge in [0.1, 0.15) is 0 Å². The molecule has 29 heavy (non-hydrogen) atoms. The van der Waals surface area contributed by atoms with Crippen LogP contribution in [-0.4, -0.2) is 28.5 Å². The highest BCUT2D eigenvalue weighted by Gasteiger charge is 2.49. The Hall–Kier alpha value is -2.10. The number of sulfonamides is 2. The van der Waals surface area contributed by atoms with Crippen molar-refractivity contribution in [3.63, 3.8) is 0 Å². The highest BCUT2D eigenvalue weighted by Crippen LogP contribution is 2.36. The molecule has 1 amide bonds. The van der Waals surface area contributed by atoms with Crippen LogP contribution in [0.4, 0.5) is 11.4 Å². The van der Waals surface area contributed by atoms with E-state index in [2.05, 4.69) is 4.72 Å². The first-order valence-electron chi connectivity index (χ1n) is 8.72. The van der Waals surface area contributed by atoms with Crippen molar-refractivity contribution in [1.82, 2.24) is 0 Å². The van der Waals surface area contributed by atoms with Gasteiger partial charge in [-0.3, -0.25) is 9.52 Å². The molecule has 1 aliphatic rings. The summed E-state index contributed by atoms with van der Waals surface area (Å²) in [7, 11) is -7.77. The number of hydrogen-bond donors (Lipinski definition) is 1. The zero-order valence-corrected chi connectivity index (χ0v) is 18.7. The van der Waals surface area contributed by atoms with Gasteiger partial charge in [0.25, 0.3) is 10.0 Å². The molecule has 0 spiro atoms. The third kappa shape index (κ3) is 3.99. The van der Waals surface area contributed by atoms with E-state index >= 15 is 0 Å². The quantitative estimate of drug-likeness (QED) is 0.759. The van der Waals surface area contributed by atoms with E-state index in [9.17, 15) is 21.6 Å². The fourth-order valence-corrected chi connectivity index (χ4v) is 6.94. The zero-order valence-electron chi connectivity index (χ0n) is 16.4. The summed E-state index contributed by atoms with van der Waals surface area (Å²) in [6.07, 6.45) is 0. The van der Waals surface area contributed by atoms with Crippen LogP contribution in [0.1, 0.15) is 25.0 Å². The molecule has 2 aromatic carbocycles. The number of rotatable bonds is 4. The lowest BCUT2D eigenvalue weighted by atomic mass is 9.95. The highest BCUT2D eigenvalue weighted by atomic mass is 35.5. The number of amides is 1. The third-order valence-electron chi connectivity index (χ3n) is 4.63. The summed E-state index contributed by atoms with van der Waals surface area (Å²) in [5, 5.41) is 0.277. The molecule has 0 unspecified atom stereocenters. The lowest BCUT2D eigenvalue weighted by Gasteiger charge is -2.18.